The molecule has 0 unspecified atom stereocenters. The second-order valence-electron chi connectivity index (χ2n) is 7.64. The molecule has 0 aliphatic heterocycles. The first kappa shape index (κ1) is 20.3. The van der Waals surface area contributed by atoms with Crippen molar-refractivity contribution in [1.29, 1.82) is 0 Å². The maximum absolute atomic E-state index is 13.1. The van der Waals surface area contributed by atoms with Gasteiger partial charge in [-0.05, 0) is 43.4 Å². The summed E-state index contributed by atoms with van der Waals surface area (Å²) < 4.78 is 2.25. The highest BCUT2D eigenvalue weighted by atomic mass is 16.2. The second kappa shape index (κ2) is 10.2. The lowest BCUT2D eigenvalue weighted by Gasteiger charge is -2.32. The summed E-state index contributed by atoms with van der Waals surface area (Å²) in [5, 5.41) is 0. The minimum absolute atomic E-state index is 0.113. The summed E-state index contributed by atoms with van der Waals surface area (Å²) in [4.78, 5) is 15.2. The second-order valence-corrected chi connectivity index (χ2v) is 7.64. The van der Waals surface area contributed by atoms with Crippen LogP contribution in [0.25, 0.3) is 0 Å². The van der Waals surface area contributed by atoms with Crippen molar-refractivity contribution in [2.24, 2.45) is 5.92 Å². The summed E-state index contributed by atoms with van der Waals surface area (Å²) in [7, 11) is 0. The third kappa shape index (κ3) is 5.76. The van der Waals surface area contributed by atoms with Crippen LogP contribution in [0, 0.1) is 5.92 Å². The number of benzene rings is 1. The Morgan fingerprint density at radius 3 is 2.23 bits per heavy atom. The molecule has 1 amide bonds. The number of aromatic nitrogens is 1. The Morgan fingerprint density at radius 1 is 1.00 bits per heavy atom. The van der Waals surface area contributed by atoms with Crippen molar-refractivity contribution in [3.8, 4) is 0 Å². The van der Waals surface area contributed by atoms with Gasteiger partial charge >= 0.3 is 0 Å². The molecular weight excluding hydrogens is 320 g/mol. The molecule has 0 saturated heterocycles. The molecule has 0 aliphatic carbocycles. The number of amides is 1. The average molecular weight is 355 g/mol. The van der Waals surface area contributed by atoms with Gasteiger partial charge in [0, 0.05) is 31.4 Å². The van der Waals surface area contributed by atoms with E-state index in [9.17, 15) is 4.79 Å². The Kier molecular flexibility index (Phi) is 7.96. The van der Waals surface area contributed by atoms with Crippen LogP contribution in [0.4, 0.5) is 0 Å². The van der Waals surface area contributed by atoms with E-state index < -0.39 is 0 Å². The van der Waals surface area contributed by atoms with Gasteiger partial charge in [-0.25, -0.2) is 0 Å². The van der Waals surface area contributed by atoms with E-state index in [0.29, 0.717) is 18.4 Å². The Hall–Kier alpha value is -2.03. The first-order chi connectivity index (χ1) is 12.5. The van der Waals surface area contributed by atoms with Crippen molar-refractivity contribution in [3.63, 3.8) is 0 Å². The van der Waals surface area contributed by atoms with E-state index >= 15 is 0 Å². The van der Waals surface area contributed by atoms with Crippen LogP contribution < -0.4 is 0 Å². The van der Waals surface area contributed by atoms with Crippen LogP contribution in [0.3, 0.4) is 0 Å². The topological polar surface area (TPSA) is 25.2 Å². The Labute approximate surface area is 159 Å². The van der Waals surface area contributed by atoms with Crippen LogP contribution in [-0.4, -0.2) is 21.9 Å². The molecule has 2 atom stereocenters. The summed E-state index contributed by atoms with van der Waals surface area (Å²) in [6, 6.07) is 15.0. The fourth-order valence-electron chi connectivity index (χ4n) is 3.58. The number of carbonyl (C=O) groups is 1. The highest BCUT2D eigenvalue weighted by molar-refractivity contribution is 5.76. The quantitative estimate of drug-likeness (QED) is 0.525. The highest BCUT2D eigenvalue weighted by Gasteiger charge is 2.23. The maximum atomic E-state index is 13.1. The van der Waals surface area contributed by atoms with E-state index in [1.54, 1.807) is 0 Å². The van der Waals surface area contributed by atoms with Crippen molar-refractivity contribution < 1.29 is 4.79 Å². The lowest BCUT2D eigenvalue weighted by molar-refractivity contribution is -0.134. The highest BCUT2D eigenvalue weighted by Crippen LogP contribution is 2.25. The molecule has 0 saturated carbocycles. The monoisotopic (exact) mass is 354 g/mol. The van der Waals surface area contributed by atoms with E-state index in [0.717, 1.165) is 25.8 Å². The molecule has 0 bridgehead atoms. The van der Waals surface area contributed by atoms with Crippen molar-refractivity contribution in [2.75, 3.05) is 6.54 Å². The number of hydrogen-bond donors (Lipinski definition) is 0. The van der Waals surface area contributed by atoms with Crippen LogP contribution in [-0.2, 0) is 4.79 Å². The largest absolute Gasteiger partial charge is 0.351 e. The van der Waals surface area contributed by atoms with Gasteiger partial charge in [-0.1, -0.05) is 57.5 Å². The number of carbonyl (C=O) groups excluding carboxylic acids is 1. The van der Waals surface area contributed by atoms with Gasteiger partial charge in [0.05, 0.1) is 6.04 Å². The Balaban J connectivity index is 2.06. The lowest BCUT2D eigenvalue weighted by Crippen LogP contribution is -2.36. The van der Waals surface area contributed by atoms with E-state index in [1.807, 2.05) is 18.2 Å². The Morgan fingerprint density at radius 2 is 1.65 bits per heavy atom. The summed E-state index contributed by atoms with van der Waals surface area (Å²) in [6.07, 6.45) is 7.98. The van der Waals surface area contributed by atoms with Crippen molar-refractivity contribution in [2.45, 2.75) is 65.5 Å². The molecule has 3 heteroatoms. The van der Waals surface area contributed by atoms with Gasteiger partial charge in [0.2, 0.25) is 5.91 Å². The normalized spacial score (nSPS) is 13.6. The van der Waals surface area contributed by atoms with Crippen LogP contribution in [0.15, 0.2) is 54.9 Å². The first-order valence-electron chi connectivity index (χ1n) is 9.99. The Bertz CT molecular complexity index is 633. The van der Waals surface area contributed by atoms with Crippen LogP contribution >= 0.6 is 0 Å². The van der Waals surface area contributed by atoms with Crippen molar-refractivity contribution >= 4 is 5.91 Å². The van der Waals surface area contributed by atoms with Crippen LogP contribution in [0.1, 0.15) is 71.0 Å². The molecule has 1 aromatic carbocycles. The molecule has 0 fully saturated rings. The van der Waals surface area contributed by atoms with E-state index in [-0.39, 0.29) is 11.9 Å². The zero-order chi connectivity index (χ0) is 18.9. The molecule has 26 heavy (non-hydrogen) atoms. The number of nitrogens with zero attached hydrogens (tertiary/aromatic N) is 2. The zero-order valence-electron chi connectivity index (χ0n) is 16.8. The smallest absolute Gasteiger partial charge is 0.223 e. The zero-order valence-corrected chi connectivity index (χ0v) is 16.8. The van der Waals surface area contributed by atoms with Gasteiger partial charge in [-0.2, -0.15) is 0 Å². The molecule has 0 radical (unpaired) electrons. The average Bonchev–Trinajstić information content (AvgIpc) is 3.17. The standard InChI is InChI=1S/C23H34N2O/c1-5-11-22(24-16-9-10-17-24)14-15-23(26)25(18-19(2)3)20(4)21-12-7-6-8-13-21/h6-10,12-13,16-17,19-20,22H,5,11,14-15,18H2,1-4H3/t20-,22-/m0/s1. The molecule has 1 heterocycles. The molecule has 3 nitrogen and oxygen atoms in total. The molecule has 142 valence electrons. The third-order valence-electron chi connectivity index (χ3n) is 4.99. The molecule has 2 rings (SSSR count). The van der Waals surface area contributed by atoms with Gasteiger partial charge < -0.3 is 9.47 Å². The van der Waals surface area contributed by atoms with Crippen LogP contribution in [0.5, 0.6) is 0 Å². The van der Waals surface area contributed by atoms with E-state index in [2.05, 4.69) is 73.8 Å². The van der Waals surface area contributed by atoms with Gasteiger partial charge in [0.15, 0.2) is 0 Å². The predicted octanol–water partition coefficient (Wildman–Crippen LogP) is 5.86. The third-order valence-corrected chi connectivity index (χ3v) is 4.99. The predicted molar refractivity (Wildman–Crippen MR) is 109 cm³/mol. The maximum Gasteiger partial charge on any atom is 0.223 e. The molecule has 0 N–H and O–H groups in total. The molecule has 2 aromatic rings. The molecule has 0 spiro atoms. The van der Waals surface area contributed by atoms with Gasteiger partial charge in [-0.3, -0.25) is 4.79 Å². The minimum Gasteiger partial charge on any atom is -0.351 e. The summed E-state index contributed by atoms with van der Waals surface area (Å²) in [5.74, 6) is 0.726. The fourth-order valence-corrected chi connectivity index (χ4v) is 3.58. The lowest BCUT2D eigenvalue weighted by atomic mass is 10.0. The van der Waals surface area contributed by atoms with E-state index in [1.165, 1.54) is 5.56 Å². The summed E-state index contributed by atoms with van der Waals surface area (Å²) >= 11 is 0. The minimum atomic E-state index is 0.113. The first-order valence-corrected chi connectivity index (χ1v) is 9.99. The van der Waals surface area contributed by atoms with Crippen LogP contribution in [0.2, 0.25) is 0 Å². The molecule has 1 aromatic heterocycles. The van der Waals surface area contributed by atoms with Gasteiger partial charge in [0.25, 0.3) is 0 Å². The van der Waals surface area contributed by atoms with Gasteiger partial charge in [0.1, 0.15) is 0 Å². The van der Waals surface area contributed by atoms with E-state index in [4.69, 9.17) is 0 Å². The number of rotatable bonds is 10. The fraction of sp³-hybridized carbons (Fsp3) is 0.522. The summed E-state index contributed by atoms with van der Waals surface area (Å²) in [5.41, 5.74) is 1.21. The summed E-state index contributed by atoms with van der Waals surface area (Å²) in [6.45, 7) is 9.51. The molecule has 0 aliphatic rings. The number of hydrogen-bond acceptors (Lipinski definition) is 1. The van der Waals surface area contributed by atoms with Crippen molar-refractivity contribution in [1.82, 2.24) is 9.47 Å². The SMILES string of the molecule is CCC[C@@H](CCC(=O)N(CC(C)C)[C@@H](C)c1ccccc1)n1cccc1. The van der Waals surface area contributed by atoms with Gasteiger partial charge in [-0.15, -0.1) is 0 Å². The van der Waals surface area contributed by atoms with Crippen molar-refractivity contribution in [3.05, 3.63) is 60.4 Å². The molecular formula is C23H34N2O.